The molecule has 0 heterocycles. The Labute approximate surface area is 211 Å². The van der Waals surface area contributed by atoms with Gasteiger partial charge in [0.2, 0.25) is 0 Å². The molecule has 1 N–H and O–H groups in total. The monoisotopic (exact) mass is 430 g/mol. The second-order valence-electron chi connectivity index (χ2n) is 7.81. The van der Waals surface area contributed by atoms with E-state index in [-0.39, 0.29) is 57.5 Å². The van der Waals surface area contributed by atoms with Crippen molar-refractivity contribution in [3.8, 4) is 0 Å². The van der Waals surface area contributed by atoms with Crippen molar-refractivity contribution in [1.82, 2.24) is 0 Å². The summed E-state index contributed by atoms with van der Waals surface area (Å²) in [7, 11) is -4.14. The molecule has 0 aromatic carbocycles. The zero-order valence-electron chi connectivity index (χ0n) is 18.3. The summed E-state index contributed by atoms with van der Waals surface area (Å²) in [5.74, 6) is 0. The van der Waals surface area contributed by atoms with Crippen LogP contribution in [-0.2, 0) is 10.1 Å². The third kappa shape index (κ3) is 20.6. The van der Waals surface area contributed by atoms with E-state index in [1.165, 1.54) is 25.7 Å². The van der Waals surface area contributed by atoms with Crippen LogP contribution in [0.4, 0.5) is 0 Å². The average molecular weight is 431 g/mol. The molecule has 0 bridgehead atoms. The molecule has 0 saturated heterocycles. The molecule has 2 unspecified atom stereocenters. The summed E-state index contributed by atoms with van der Waals surface area (Å²) in [6.07, 6.45) is 16.8. The Hall–Kier alpha value is 1.51. The third-order valence-corrected chi connectivity index (χ3v) is 6.53. The molecule has 0 aliphatic heterocycles. The van der Waals surface area contributed by atoms with Gasteiger partial charge in [-0.3, -0.25) is 0 Å². The van der Waals surface area contributed by atoms with E-state index in [0.717, 1.165) is 70.6 Å². The van der Waals surface area contributed by atoms with Gasteiger partial charge in [-0.15, -0.1) is 0 Å². The topological polar surface area (TPSA) is 77.4 Å². The van der Waals surface area contributed by atoms with Crippen LogP contribution in [0.5, 0.6) is 0 Å². The molecule has 0 aliphatic rings. The Balaban J connectivity index is 0. The van der Waals surface area contributed by atoms with E-state index in [9.17, 15) is 18.1 Å². The number of hydrogen-bond donors (Lipinski definition) is 1. The maximum Gasteiger partial charge on any atom is 1.00 e. The van der Waals surface area contributed by atoms with Gasteiger partial charge in [0.25, 0.3) is 0 Å². The van der Waals surface area contributed by atoms with Crippen molar-refractivity contribution in [3.05, 3.63) is 0 Å². The summed E-state index contributed by atoms with van der Waals surface area (Å²) in [5, 5.41) is 9.19. The third-order valence-electron chi connectivity index (χ3n) is 5.24. The molecule has 2 atom stereocenters. The van der Waals surface area contributed by atoms with E-state index in [1.54, 1.807) is 0 Å². The Kier molecular flexibility index (Phi) is 23.6. The molecule has 6 heteroatoms. The second kappa shape index (κ2) is 20.8. The number of aliphatic hydroxyl groups excluding tert-OH is 1. The molecule has 0 spiro atoms. The summed E-state index contributed by atoms with van der Waals surface area (Å²) >= 11 is 0. The first-order chi connectivity index (χ1) is 12.4. The molecule has 27 heavy (non-hydrogen) atoms. The molecule has 0 rings (SSSR count). The van der Waals surface area contributed by atoms with Gasteiger partial charge in [-0.1, -0.05) is 97.3 Å². The Morgan fingerprint density at radius 3 is 1.41 bits per heavy atom. The predicted molar refractivity (Wildman–Crippen MR) is 109 cm³/mol. The van der Waals surface area contributed by atoms with Gasteiger partial charge >= 0.3 is 51.4 Å². The Morgan fingerprint density at radius 1 is 0.667 bits per heavy atom. The molecule has 0 aliphatic carbocycles. The van der Waals surface area contributed by atoms with Crippen LogP contribution in [0.1, 0.15) is 123 Å². The smallest absolute Gasteiger partial charge is 0.748 e. The summed E-state index contributed by atoms with van der Waals surface area (Å²) < 4.78 is 34.0. The number of rotatable bonds is 19. The standard InChI is InChI=1S/C21H44O4S.K/c1-3-5-12-16-20(22)17-14-10-8-7-9-11-15-19-21(26(23,24)25)18-13-6-4-2;/h20-22H,3-19H2,1-2H3,(H,23,24,25);/q;+1/p-1. The summed E-state index contributed by atoms with van der Waals surface area (Å²) in [4.78, 5) is 0. The maximum absolute atomic E-state index is 11.3. The van der Waals surface area contributed by atoms with Crippen molar-refractivity contribution >= 4 is 10.1 Å². The molecule has 158 valence electrons. The van der Waals surface area contributed by atoms with Crippen LogP contribution < -0.4 is 51.4 Å². The van der Waals surface area contributed by atoms with Crippen LogP contribution in [0.25, 0.3) is 0 Å². The summed E-state index contributed by atoms with van der Waals surface area (Å²) in [6.45, 7) is 4.26. The molecule has 0 radical (unpaired) electrons. The summed E-state index contributed by atoms with van der Waals surface area (Å²) in [6, 6.07) is 0. The second-order valence-corrected chi connectivity index (χ2v) is 9.46. The molecule has 0 amide bonds. The molecular formula is C21H43KO4S. The van der Waals surface area contributed by atoms with E-state index < -0.39 is 15.4 Å². The quantitative estimate of drug-likeness (QED) is 0.194. The van der Waals surface area contributed by atoms with E-state index in [1.807, 2.05) is 0 Å². The zero-order chi connectivity index (χ0) is 19.7. The molecule has 4 nitrogen and oxygen atoms in total. The van der Waals surface area contributed by atoms with Crippen LogP contribution in [0.15, 0.2) is 0 Å². The first-order valence-electron chi connectivity index (χ1n) is 11.0. The SMILES string of the molecule is CCCCCC(O)CCCCCCCCCC(CCCCC)S(=O)(=O)[O-].[K+]. The first kappa shape index (κ1) is 30.7. The van der Waals surface area contributed by atoms with E-state index in [4.69, 9.17) is 0 Å². The molecule has 0 saturated carbocycles. The molecular weight excluding hydrogens is 387 g/mol. The van der Waals surface area contributed by atoms with Crippen LogP contribution in [-0.4, -0.2) is 29.4 Å². The van der Waals surface area contributed by atoms with Crippen LogP contribution >= 0.6 is 0 Å². The van der Waals surface area contributed by atoms with Crippen molar-refractivity contribution in [2.24, 2.45) is 0 Å². The number of unbranched alkanes of at least 4 members (excludes halogenated alkanes) is 10. The van der Waals surface area contributed by atoms with E-state index in [2.05, 4.69) is 13.8 Å². The van der Waals surface area contributed by atoms with Crippen molar-refractivity contribution in [2.45, 2.75) is 134 Å². The Bertz CT molecular complexity index is 401. The first-order valence-corrected chi connectivity index (χ1v) is 12.5. The van der Waals surface area contributed by atoms with Gasteiger partial charge in [0, 0.05) is 5.25 Å². The van der Waals surface area contributed by atoms with Gasteiger partial charge < -0.3 is 9.66 Å². The molecule has 0 aromatic heterocycles. The fraction of sp³-hybridized carbons (Fsp3) is 1.00. The minimum absolute atomic E-state index is 0. The average Bonchev–Trinajstić information content (AvgIpc) is 2.58. The minimum atomic E-state index is -4.14. The van der Waals surface area contributed by atoms with Crippen LogP contribution in [0, 0.1) is 0 Å². The van der Waals surface area contributed by atoms with E-state index in [0.29, 0.717) is 12.8 Å². The zero-order valence-corrected chi connectivity index (χ0v) is 22.2. The fourth-order valence-electron chi connectivity index (χ4n) is 3.47. The van der Waals surface area contributed by atoms with Crippen molar-refractivity contribution in [3.63, 3.8) is 0 Å². The Morgan fingerprint density at radius 2 is 1.00 bits per heavy atom. The van der Waals surface area contributed by atoms with Gasteiger partial charge in [0.15, 0.2) is 0 Å². The number of aliphatic hydroxyl groups is 1. The van der Waals surface area contributed by atoms with Gasteiger partial charge in [-0.05, 0) is 25.7 Å². The van der Waals surface area contributed by atoms with Crippen molar-refractivity contribution in [1.29, 1.82) is 0 Å². The maximum atomic E-state index is 11.3. The van der Waals surface area contributed by atoms with Gasteiger partial charge in [-0.2, -0.15) is 0 Å². The predicted octanol–water partition coefficient (Wildman–Crippen LogP) is 2.94. The van der Waals surface area contributed by atoms with Crippen LogP contribution in [0.2, 0.25) is 0 Å². The van der Waals surface area contributed by atoms with E-state index >= 15 is 0 Å². The summed E-state index contributed by atoms with van der Waals surface area (Å²) in [5.41, 5.74) is 0. The molecule has 0 fully saturated rings. The van der Waals surface area contributed by atoms with Crippen molar-refractivity contribution in [2.75, 3.05) is 0 Å². The normalized spacial score (nSPS) is 13.9. The van der Waals surface area contributed by atoms with Crippen molar-refractivity contribution < 1.29 is 69.5 Å². The van der Waals surface area contributed by atoms with Gasteiger partial charge in [0.1, 0.15) is 0 Å². The van der Waals surface area contributed by atoms with Crippen LogP contribution in [0.3, 0.4) is 0 Å². The largest absolute Gasteiger partial charge is 1.00 e. The fourth-order valence-corrected chi connectivity index (χ4v) is 4.38. The molecule has 0 aromatic rings. The van der Waals surface area contributed by atoms with Gasteiger partial charge in [-0.25, -0.2) is 8.42 Å². The number of hydrogen-bond acceptors (Lipinski definition) is 4. The van der Waals surface area contributed by atoms with Gasteiger partial charge in [0.05, 0.1) is 16.2 Å². The minimum Gasteiger partial charge on any atom is -0.748 e.